The van der Waals surface area contributed by atoms with Crippen LogP contribution < -0.4 is 10.1 Å². The van der Waals surface area contributed by atoms with Gasteiger partial charge in [-0.1, -0.05) is 21.1 Å². The summed E-state index contributed by atoms with van der Waals surface area (Å²) < 4.78 is 13.2. The zero-order chi connectivity index (χ0) is 17.1. The van der Waals surface area contributed by atoms with E-state index in [0.29, 0.717) is 17.1 Å². The third-order valence-electron chi connectivity index (χ3n) is 3.32. The van der Waals surface area contributed by atoms with Crippen LogP contribution in [0.4, 0.5) is 5.69 Å². The predicted molar refractivity (Wildman–Crippen MR) is 90.9 cm³/mol. The third kappa shape index (κ3) is 3.65. The molecule has 3 aromatic rings. The number of anilines is 1. The Morgan fingerprint density at radius 1 is 1.29 bits per heavy atom. The highest BCUT2D eigenvalue weighted by Gasteiger charge is 2.15. The summed E-state index contributed by atoms with van der Waals surface area (Å²) in [7, 11) is 0. The van der Waals surface area contributed by atoms with Crippen molar-refractivity contribution in [3.8, 4) is 5.75 Å². The third-order valence-corrected chi connectivity index (χ3v) is 3.85. The van der Waals surface area contributed by atoms with E-state index in [4.69, 9.17) is 9.26 Å². The molecular formula is C16H15BrN4O3. The maximum Gasteiger partial charge on any atom is 0.276 e. The van der Waals surface area contributed by atoms with E-state index < -0.39 is 0 Å². The van der Waals surface area contributed by atoms with Gasteiger partial charge < -0.3 is 14.6 Å². The number of rotatable bonds is 5. The minimum Gasteiger partial charge on any atom is -0.471 e. The molecule has 0 saturated heterocycles. The molecule has 24 heavy (non-hydrogen) atoms. The lowest BCUT2D eigenvalue weighted by Crippen LogP contribution is -2.15. The maximum atomic E-state index is 12.2. The second kappa shape index (κ2) is 6.88. The monoisotopic (exact) mass is 390 g/mol. The molecule has 2 aromatic heterocycles. The number of benzene rings is 1. The van der Waals surface area contributed by atoms with Crippen LogP contribution in [-0.4, -0.2) is 20.8 Å². The molecule has 3 rings (SSSR count). The first kappa shape index (κ1) is 16.3. The molecule has 0 aliphatic carbocycles. The standard InChI is InChI=1S/C16H15BrN4O3/c1-10-15(11(2)24-20-10)18-16(22)14-7-8-21(19-14)9-23-13-5-3-12(17)4-6-13/h3-8H,9H2,1-2H3,(H,18,22). The number of hydrogen-bond donors (Lipinski definition) is 1. The molecule has 124 valence electrons. The highest BCUT2D eigenvalue weighted by Crippen LogP contribution is 2.19. The first-order valence-electron chi connectivity index (χ1n) is 7.19. The first-order valence-corrected chi connectivity index (χ1v) is 7.98. The molecule has 0 saturated carbocycles. The zero-order valence-corrected chi connectivity index (χ0v) is 14.7. The van der Waals surface area contributed by atoms with Crippen molar-refractivity contribution in [2.24, 2.45) is 0 Å². The van der Waals surface area contributed by atoms with E-state index >= 15 is 0 Å². The van der Waals surface area contributed by atoms with Crippen LogP contribution >= 0.6 is 15.9 Å². The molecule has 8 heteroatoms. The van der Waals surface area contributed by atoms with Gasteiger partial charge in [-0.3, -0.25) is 4.79 Å². The van der Waals surface area contributed by atoms with Crippen LogP contribution in [0.15, 0.2) is 45.5 Å². The van der Waals surface area contributed by atoms with Crippen molar-refractivity contribution in [2.75, 3.05) is 5.32 Å². The molecule has 0 spiro atoms. The Morgan fingerprint density at radius 2 is 2.04 bits per heavy atom. The number of ether oxygens (including phenoxy) is 1. The lowest BCUT2D eigenvalue weighted by molar-refractivity contribution is 0.102. The van der Waals surface area contributed by atoms with E-state index in [1.165, 1.54) is 0 Å². The molecule has 0 fully saturated rings. The van der Waals surface area contributed by atoms with E-state index in [1.54, 1.807) is 30.8 Å². The summed E-state index contributed by atoms with van der Waals surface area (Å²) in [6.45, 7) is 3.71. The van der Waals surface area contributed by atoms with Gasteiger partial charge in [-0.25, -0.2) is 4.68 Å². The maximum absolute atomic E-state index is 12.2. The smallest absolute Gasteiger partial charge is 0.276 e. The van der Waals surface area contributed by atoms with E-state index in [9.17, 15) is 4.79 Å². The van der Waals surface area contributed by atoms with Crippen molar-refractivity contribution in [3.05, 3.63) is 58.1 Å². The minimum absolute atomic E-state index is 0.209. The van der Waals surface area contributed by atoms with E-state index in [-0.39, 0.29) is 18.3 Å². The Bertz CT molecular complexity index is 835. The quantitative estimate of drug-likeness (QED) is 0.720. The molecule has 0 aliphatic heterocycles. The van der Waals surface area contributed by atoms with Gasteiger partial charge in [0.15, 0.2) is 18.2 Å². The van der Waals surface area contributed by atoms with Crippen LogP contribution in [0.25, 0.3) is 0 Å². The lowest BCUT2D eigenvalue weighted by Gasteiger charge is -2.06. The highest BCUT2D eigenvalue weighted by molar-refractivity contribution is 9.10. The normalized spacial score (nSPS) is 10.6. The van der Waals surface area contributed by atoms with Crippen molar-refractivity contribution in [1.29, 1.82) is 0 Å². The Morgan fingerprint density at radius 3 is 2.71 bits per heavy atom. The summed E-state index contributed by atoms with van der Waals surface area (Å²) in [4.78, 5) is 12.2. The van der Waals surface area contributed by atoms with Gasteiger partial charge in [0.05, 0.1) is 0 Å². The lowest BCUT2D eigenvalue weighted by atomic mass is 10.3. The molecule has 7 nitrogen and oxygen atoms in total. The molecule has 1 amide bonds. The molecule has 0 aliphatic rings. The Hall–Kier alpha value is -2.61. The molecule has 0 atom stereocenters. The average molecular weight is 391 g/mol. The fraction of sp³-hybridized carbons (Fsp3) is 0.188. The fourth-order valence-electron chi connectivity index (χ4n) is 2.07. The molecule has 0 radical (unpaired) electrons. The van der Waals surface area contributed by atoms with Crippen molar-refractivity contribution < 1.29 is 14.1 Å². The number of aromatic nitrogens is 3. The van der Waals surface area contributed by atoms with Crippen LogP contribution in [0.3, 0.4) is 0 Å². The second-order valence-electron chi connectivity index (χ2n) is 5.12. The molecule has 0 bridgehead atoms. The SMILES string of the molecule is Cc1noc(C)c1NC(=O)c1ccn(COc2ccc(Br)cc2)n1. The topological polar surface area (TPSA) is 82.2 Å². The highest BCUT2D eigenvalue weighted by atomic mass is 79.9. The number of hydrogen-bond acceptors (Lipinski definition) is 5. The number of aryl methyl sites for hydroxylation is 2. The van der Waals surface area contributed by atoms with Crippen LogP contribution in [0, 0.1) is 13.8 Å². The zero-order valence-electron chi connectivity index (χ0n) is 13.1. The predicted octanol–water partition coefficient (Wildman–Crippen LogP) is 3.54. The van der Waals surface area contributed by atoms with Gasteiger partial charge in [0.25, 0.3) is 5.91 Å². The number of carbonyl (C=O) groups is 1. The Kier molecular flexibility index (Phi) is 4.66. The van der Waals surface area contributed by atoms with Crippen molar-refractivity contribution >= 4 is 27.5 Å². The van der Waals surface area contributed by atoms with Gasteiger partial charge in [-0.05, 0) is 44.2 Å². The van der Waals surface area contributed by atoms with E-state index in [0.717, 1.165) is 10.2 Å². The van der Waals surface area contributed by atoms with Gasteiger partial charge >= 0.3 is 0 Å². The van der Waals surface area contributed by atoms with Crippen molar-refractivity contribution in [1.82, 2.24) is 14.9 Å². The largest absolute Gasteiger partial charge is 0.471 e. The summed E-state index contributed by atoms with van der Waals surface area (Å²) in [5.41, 5.74) is 1.48. The Labute approximate surface area is 146 Å². The van der Waals surface area contributed by atoms with Crippen LogP contribution in [-0.2, 0) is 6.73 Å². The first-order chi connectivity index (χ1) is 11.5. The van der Waals surface area contributed by atoms with Gasteiger partial charge in [0.1, 0.15) is 17.1 Å². The summed E-state index contributed by atoms with van der Waals surface area (Å²) in [5.74, 6) is 0.945. The van der Waals surface area contributed by atoms with Crippen LogP contribution in [0.1, 0.15) is 21.9 Å². The van der Waals surface area contributed by atoms with Gasteiger partial charge in [0.2, 0.25) is 0 Å². The van der Waals surface area contributed by atoms with Crippen molar-refractivity contribution in [3.63, 3.8) is 0 Å². The molecule has 2 heterocycles. The number of carbonyl (C=O) groups excluding carboxylic acids is 1. The summed E-state index contributed by atoms with van der Waals surface area (Å²) in [6.07, 6.45) is 1.68. The van der Waals surface area contributed by atoms with Gasteiger partial charge in [0, 0.05) is 10.7 Å². The summed E-state index contributed by atoms with van der Waals surface area (Å²) in [6, 6.07) is 9.09. The number of halogens is 1. The average Bonchev–Trinajstić information content (AvgIpc) is 3.16. The van der Waals surface area contributed by atoms with Crippen molar-refractivity contribution in [2.45, 2.75) is 20.6 Å². The summed E-state index contributed by atoms with van der Waals surface area (Å²) in [5, 5.41) is 10.8. The molecule has 1 N–H and O–H groups in total. The second-order valence-corrected chi connectivity index (χ2v) is 6.04. The van der Waals surface area contributed by atoms with Crippen LogP contribution in [0.2, 0.25) is 0 Å². The van der Waals surface area contributed by atoms with E-state index in [1.807, 2.05) is 24.3 Å². The Balaban J connectivity index is 1.62. The molecular weight excluding hydrogens is 376 g/mol. The van der Waals surface area contributed by atoms with Crippen LogP contribution in [0.5, 0.6) is 5.75 Å². The number of amides is 1. The number of nitrogens with one attached hydrogen (secondary N) is 1. The van der Waals surface area contributed by atoms with Gasteiger partial charge in [-0.2, -0.15) is 5.10 Å². The minimum atomic E-state index is -0.327. The molecule has 0 unspecified atom stereocenters. The number of nitrogens with zero attached hydrogens (tertiary/aromatic N) is 3. The molecule has 1 aromatic carbocycles. The van der Waals surface area contributed by atoms with E-state index in [2.05, 4.69) is 31.5 Å². The van der Waals surface area contributed by atoms with Gasteiger partial charge in [-0.15, -0.1) is 0 Å². The fourth-order valence-corrected chi connectivity index (χ4v) is 2.33. The summed E-state index contributed by atoms with van der Waals surface area (Å²) >= 11 is 3.37.